The normalized spacial score (nSPS) is 14.2. The van der Waals surface area contributed by atoms with Gasteiger partial charge in [-0.2, -0.15) is 0 Å². The van der Waals surface area contributed by atoms with Crippen molar-refractivity contribution in [2.24, 2.45) is 5.92 Å². The van der Waals surface area contributed by atoms with Crippen LogP contribution in [0.5, 0.6) is 0 Å². The quantitative estimate of drug-likeness (QED) is 0.890. The van der Waals surface area contributed by atoms with E-state index in [-0.39, 0.29) is 18.3 Å². The molecule has 0 amide bonds. The zero-order chi connectivity index (χ0) is 13.2. The Balaban J connectivity index is 3.01. The molecule has 0 saturated carbocycles. The Hall–Kier alpha value is -0.400. The van der Waals surface area contributed by atoms with E-state index in [1.54, 1.807) is 20.8 Å². The van der Waals surface area contributed by atoms with Crippen molar-refractivity contribution in [3.8, 4) is 0 Å². The summed E-state index contributed by atoms with van der Waals surface area (Å²) in [6, 6.07) is 0. The van der Waals surface area contributed by atoms with Crippen molar-refractivity contribution in [3.05, 3.63) is 15.9 Å². The van der Waals surface area contributed by atoms with Gasteiger partial charge in [0.15, 0.2) is 14.4 Å². The number of sulfone groups is 1. The highest BCUT2D eigenvalue weighted by Gasteiger charge is 2.30. The molecule has 0 aliphatic heterocycles. The molecule has 1 unspecified atom stereocenters. The van der Waals surface area contributed by atoms with E-state index in [2.05, 4.69) is 21.1 Å². The van der Waals surface area contributed by atoms with Gasteiger partial charge >= 0.3 is 0 Å². The van der Waals surface area contributed by atoms with E-state index in [4.69, 9.17) is 9.63 Å². The van der Waals surface area contributed by atoms with Crippen LogP contribution in [0.15, 0.2) is 9.13 Å². The summed E-state index contributed by atoms with van der Waals surface area (Å²) >= 11 is 3.15. The summed E-state index contributed by atoms with van der Waals surface area (Å²) in [5, 5.41) is 12.1. The van der Waals surface area contributed by atoms with Crippen molar-refractivity contribution < 1.29 is 18.0 Å². The summed E-state index contributed by atoms with van der Waals surface area (Å²) in [5.74, 6) is 0.164. The van der Waals surface area contributed by atoms with Crippen LogP contribution >= 0.6 is 15.9 Å². The fourth-order valence-electron chi connectivity index (χ4n) is 1.57. The average molecular weight is 326 g/mol. The lowest BCUT2D eigenvalue weighted by atomic mass is 10.1. The second kappa shape index (κ2) is 5.49. The van der Waals surface area contributed by atoms with Gasteiger partial charge in [0.2, 0.25) is 0 Å². The van der Waals surface area contributed by atoms with Crippen molar-refractivity contribution >= 4 is 25.8 Å². The topological polar surface area (TPSA) is 80.4 Å². The number of hydrogen-bond donors (Lipinski definition) is 1. The van der Waals surface area contributed by atoms with E-state index in [0.717, 1.165) is 0 Å². The second-order valence-electron chi connectivity index (χ2n) is 4.28. The molecule has 5 nitrogen and oxygen atoms in total. The highest BCUT2D eigenvalue weighted by Crippen LogP contribution is 2.24. The predicted octanol–water partition coefficient (Wildman–Crippen LogP) is 1.68. The molecule has 0 aromatic carbocycles. The van der Waals surface area contributed by atoms with E-state index < -0.39 is 15.1 Å². The van der Waals surface area contributed by atoms with E-state index >= 15 is 0 Å². The van der Waals surface area contributed by atoms with Crippen LogP contribution in [0.3, 0.4) is 0 Å². The van der Waals surface area contributed by atoms with Crippen LogP contribution in [0.1, 0.15) is 25.2 Å². The molecule has 1 atom stereocenters. The first-order chi connectivity index (χ1) is 7.79. The van der Waals surface area contributed by atoms with Gasteiger partial charge in [0, 0.05) is 5.56 Å². The SMILES string of the molecule is Cc1onc(Br)c1CS(=O)(=O)C(CO)C(C)C. The standard InChI is InChI=1S/C10H16BrNO4S/c1-6(2)9(4-13)17(14,15)5-8-7(3)16-12-10(8)11/h6,9,13H,4-5H2,1-3H3. The summed E-state index contributed by atoms with van der Waals surface area (Å²) in [6.07, 6.45) is 0. The maximum absolute atomic E-state index is 12.1. The Kier molecular flexibility index (Phi) is 4.74. The highest BCUT2D eigenvalue weighted by atomic mass is 79.9. The molecule has 0 bridgehead atoms. The molecule has 1 heterocycles. The predicted molar refractivity (Wildman–Crippen MR) is 67.3 cm³/mol. The summed E-state index contributed by atoms with van der Waals surface area (Å²) in [7, 11) is -3.42. The lowest BCUT2D eigenvalue weighted by Gasteiger charge is -2.18. The summed E-state index contributed by atoms with van der Waals surface area (Å²) in [5.41, 5.74) is 0.518. The molecule has 0 radical (unpaired) electrons. The molecule has 1 rings (SSSR count). The molecular weight excluding hydrogens is 310 g/mol. The molecule has 17 heavy (non-hydrogen) atoms. The van der Waals surface area contributed by atoms with Gasteiger partial charge in [-0.05, 0) is 28.8 Å². The zero-order valence-corrected chi connectivity index (χ0v) is 12.4. The van der Waals surface area contributed by atoms with Gasteiger partial charge < -0.3 is 9.63 Å². The third-order valence-corrected chi connectivity index (χ3v) is 5.60. The maximum Gasteiger partial charge on any atom is 0.160 e. The minimum atomic E-state index is -3.42. The monoisotopic (exact) mass is 325 g/mol. The van der Waals surface area contributed by atoms with E-state index in [1.165, 1.54) is 0 Å². The molecule has 1 aromatic heterocycles. The molecular formula is C10H16BrNO4S. The van der Waals surface area contributed by atoms with Crippen molar-refractivity contribution in [2.75, 3.05) is 6.61 Å². The largest absolute Gasteiger partial charge is 0.395 e. The number of halogens is 1. The Morgan fingerprint density at radius 2 is 2.06 bits per heavy atom. The molecule has 0 spiro atoms. The van der Waals surface area contributed by atoms with Gasteiger partial charge in [-0.1, -0.05) is 19.0 Å². The summed E-state index contributed by atoms with van der Waals surface area (Å²) < 4.78 is 29.5. The Morgan fingerprint density at radius 1 is 1.47 bits per heavy atom. The number of nitrogens with zero attached hydrogens (tertiary/aromatic N) is 1. The molecule has 0 fully saturated rings. The number of rotatable bonds is 5. The number of aliphatic hydroxyl groups is 1. The Morgan fingerprint density at radius 3 is 2.41 bits per heavy atom. The van der Waals surface area contributed by atoms with Crippen LogP contribution in [0.2, 0.25) is 0 Å². The Bertz CT molecular complexity index is 461. The fourth-order valence-corrected chi connectivity index (χ4v) is 4.26. The molecule has 7 heteroatoms. The van der Waals surface area contributed by atoms with Crippen molar-refractivity contribution in [1.82, 2.24) is 5.16 Å². The molecule has 1 aromatic rings. The highest BCUT2D eigenvalue weighted by molar-refractivity contribution is 9.10. The third-order valence-electron chi connectivity index (χ3n) is 2.67. The van der Waals surface area contributed by atoms with Crippen LogP contribution in [0, 0.1) is 12.8 Å². The minimum absolute atomic E-state index is 0.135. The lowest BCUT2D eigenvalue weighted by Crippen LogP contribution is -2.31. The van der Waals surface area contributed by atoms with Crippen LogP contribution < -0.4 is 0 Å². The molecule has 0 aliphatic carbocycles. The lowest BCUT2D eigenvalue weighted by molar-refractivity contribution is 0.269. The van der Waals surface area contributed by atoms with Gasteiger partial charge in [-0.3, -0.25) is 0 Å². The number of aromatic nitrogens is 1. The average Bonchev–Trinajstić information content (AvgIpc) is 2.49. The van der Waals surface area contributed by atoms with Gasteiger partial charge in [-0.25, -0.2) is 8.42 Å². The van der Waals surface area contributed by atoms with Crippen molar-refractivity contribution in [1.29, 1.82) is 0 Å². The first kappa shape index (κ1) is 14.7. The first-order valence-corrected chi connectivity index (χ1v) is 7.73. The van der Waals surface area contributed by atoms with Gasteiger partial charge in [0.05, 0.1) is 17.6 Å². The van der Waals surface area contributed by atoms with Crippen LogP contribution in [0.4, 0.5) is 0 Å². The number of hydrogen-bond acceptors (Lipinski definition) is 5. The Labute approximate surface area is 109 Å². The van der Waals surface area contributed by atoms with E-state index in [1.807, 2.05) is 0 Å². The van der Waals surface area contributed by atoms with Crippen LogP contribution in [-0.4, -0.2) is 30.5 Å². The second-order valence-corrected chi connectivity index (χ2v) is 7.25. The van der Waals surface area contributed by atoms with Crippen molar-refractivity contribution in [2.45, 2.75) is 31.8 Å². The minimum Gasteiger partial charge on any atom is -0.395 e. The van der Waals surface area contributed by atoms with Gasteiger partial charge in [0.1, 0.15) is 5.76 Å². The molecule has 0 aliphatic rings. The van der Waals surface area contributed by atoms with Gasteiger partial charge in [0.25, 0.3) is 0 Å². The number of aliphatic hydroxyl groups excluding tert-OH is 1. The van der Waals surface area contributed by atoms with E-state index in [9.17, 15) is 8.42 Å². The van der Waals surface area contributed by atoms with Crippen molar-refractivity contribution in [3.63, 3.8) is 0 Å². The van der Waals surface area contributed by atoms with Gasteiger partial charge in [-0.15, -0.1) is 0 Å². The zero-order valence-electron chi connectivity index (χ0n) is 9.97. The van der Waals surface area contributed by atoms with Crippen LogP contribution in [-0.2, 0) is 15.6 Å². The molecule has 0 saturated heterocycles. The number of aryl methyl sites for hydroxylation is 1. The first-order valence-electron chi connectivity index (χ1n) is 5.22. The summed E-state index contributed by atoms with van der Waals surface area (Å²) in [4.78, 5) is 0. The third kappa shape index (κ3) is 3.29. The van der Waals surface area contributed by atoms with E-state index in [0.29, 0.717) is 15.9 Å². The summed E-state index contributed by atoms with van der Waals surface area (Å²) in [6.45, 7) is 4.83. The molecule has 1 N–H and O–H groups in total. The maximum atomic E-state index is 12.1. The fraction of sp³-hybridized carbons (Fsp3) is 0.700. The van der Waals surface area contributed by atoms with Crippen LogP contribution in [0.25, 0.3) is 0 Å². The smallest absolute Gasteiger partial charge is 0.160 e. The molecule has 98 valence electrons.